The maximum absolute atomic E-state index is 13.2. The Labute approximate surface area is 118 Å². The number of nitrogens with one attached hydrogen (secondary N) is 1. The summed E-state index contributed by atoms with van der Waals surface area (Å²) in [7, 11) is 0. The van der Waals surface area contributed by atoms with Crippen LogP contribution in [0.4, 0.5) is 4.39 Å². The molecule has 18 heavy (non-hydrogen) atoms. The van der Waals surface area contributed by atoms with Crippen LogP contribution in [-0.2, 0) is 0 Å². The second-order valence-corrected chi connectivity index (χ2v) is 5.62. The van der Waals surface area contributed by atoms with Gasteiger partial charge in [-0.15, -0.1) is 0 Å². The number of benzene rings is 1. The maximum atomic E-state index is 13.2. The number of carbonyl (C=O) groups is 1. The molecule has 0 aliphatic rings. The van der Waals surface area contributed by atoms with Gasteiger partial charge in [-0.05, 0) is 30.9 Å². The van der Waals surface area contributed by atoms with E-state index in [-0.39, 0.29) is 24.1 Å². The van der Waals surface area contributed by atoms with Crippen LogP contribution in [0.2, 0.25) is 0 Å². The predicted molar refractivity (Wildman–Crippen MR) is 75.4 cm³/mol. The zero-order valence-corrected chi connectivity index (χ0v) is 12.4. The van der Waals surface area contributed by atoms with Crippen LogP contribution >= 0.6 is 27.7 Å². The molecule has 0 heterocycles. The molecule has 1 amide bonds. The van der Waals surface area contributed by atoms with Crippen LogP contribution in [-0.4, -0.2) is 35.7 Å². The second-order valence-electron chi connectivity index (χ2n) is 3.80. The summed E-state index contributed by atoms with van der Waals surface area (Å²) < 4.78 is 13.7. The zero-order chi connectivity index (χ0) is 13.5. The average molecular weight is 336 g/mol. The number of hydrogen-bond donors (Lipinski definition) is 2. The highest BCUT2D eigenvalue weighted by Gasteiger charge is 2.14. The Morgan fingerprint density at radius 3 is 2.83 bits per heavy atom. The van der Waals surface area contributed by atoms with E-state index in [0.29, 0.717) is 16.6 Å². The monoisotopic (exact) mass is 335 g/mol. The van der Waals surface area contributed by atoms with Crippen molar-refractivity contribution in [3.8, 4) is 0 Å². The van der Waals surface area contributed by atoms with Crippen molar-refractivity contribution in [1.29, 1.82) is 0 Å². The highest BCUT2D eigenvalue weighted by Crippen LogP contribution is 2.15. The molecule has 3 nitrogen and oxygen atoms in total. The summed E-state index contributed by atoms with van der Waals surface area (Å²) in [6.45, 7) is 0.0123. The third kappa shape index (κ3) is 4.96. The lowest BCUT2D eigenvalue weighted by atomic mass is 10.2. The van der Waals surface area contributed by atoms with Crippen LogP contribution < -0.4 is 5.32 Å². The SMILES string of the molecule is CSCC(CCO)NC(=O)c1cc(F)cc(Br)c1. The first-order chi connectivity index (χ1) is 8.56. The Morgan fingerprint density at radius 2 is 2.28 bits per heavy atom. The molecule has 0 fully saturated rings. The van der Waals surface area contributed by atoms with Gasteiger partial charge < -0.3 is 10.4 Å². The molecule has 1 aromatic rings. The first-order valence-electron chi connectivity index (χ1n) is 5.43. The second kappa shape index (κ2) is 7.76. The molecule has 0 radical (unpaired) electrons. The van der Waals surface area contributed by atoms with Gasteiger partial charge >= 0.3 is 0 Å². The number of aliphatic hydroxyl groups is 1. The topological polar surface area (TPSA) is 49.3 Å². The minimum Gasteiger partial charge on any atom is -0.396 e. The van der Waals surface area contributed by atoms with Crippen molar-refractivity contribution >= 4 is 33.6 Å². The van der Waals surface area contributed by atoms with Crippen molar-refractivity contribution in [3.05, 3.63) is 34.1 Å². The summed E-state index contributed by atoms with van der Waals surface area (Å²) in [5.41, 5.74) is 0.269. The van der Waals surface area contributed by atoms with Crippen LogP contribution in [0.1, 0.15) is 16.8 Å². The predicted octanol–water partition coefficient (Wildman–Crippen LogP) is 2.43. The van der Waals surface area contributed by atoms with Gasteiger partial charge in [0, 0.05) is 28.4 Å². The van der Waals surface area contributed by atoms with E-state index in [4.69, 9.17) is 5.11 Å². The van der Waals surface area contributed by atoms with Crippen molar-refractivity contribution in [2.24, 2.45) is 0 Å². The Morgan fingerprint density at radius 1 is 1.56 bits per heavy atom. The van der Waals surface area contributed by atoms with Crippen LogP contribution in [0.5, 0.6) is 0 Å². The molecule has 0 spiro atoms. The van der Waals surface area contributed by atoms with Crippen molar-refractivity contribution < 1.29 is 14.3 Å². The Balaban J connectivity index is 2.73. The highest BCUT2D eigenvalue weighted by atomic mass is 79.9. The molecule has 0 saturated carbocycles. The molecule has 6 heteroatoms. The van der Waals surface area contributed by atoms with E-state index in [1.54, 1.807) is 17.8 Å². The van der Waals surface area contributed by atoms with Gasteiger partial charge in [0.2, 0.25) is 0 Å². The third-order valence-electron chi connectivity index (χ3n) is 2.31. The lowest BCUT2D eigenvalue weighted by molar-refractivity contribution is 0.0935. The fourth-order valence-corrected chi connectivity index (χ4v) is 2.63. The Bertz CT molecular complexity index is 391. The van der Waals surface area contributed by atoms with Gasteiger partial charge in [0.25, 0.3) is 5.91 Å². The fourth-order valence-electron chi connectivity index (χ4n) is 1.51. The minimum atomic E-state index is -0.460. The number of halogens is 2. The van der Waals surface area contributed by atoms with Crippen molar-refractivity contribution in [3.63, 3.8) is 0 Å². The number of rotatable bonds is 6. The molecule has 1 rings (SSSR count). The largest absolute Gasteiger partial charge is 0.396 e. The number of aliphatic hydroxyl groups excluding tert-OH is 1. The number of amides is 1. The van der Waals surface area contributed by atoms with Crippen molar-refractivity contribution in [2.45, 2.75) is 12.5 Å². The molecule has 0 aliphatic carbocycles. The van der Waals surface area contributed by atoms with E-state index in [0.717, 1.165) is 0 Å². The lowest BCUT2D eigenvalue weighted by Crippen LogP contribution is -2.37. The van der Waals surface area contributed by atoms with Crippen LogP contribution in [0.15, 0.2) is 22.7 Å². The van der Waals surface area contributed by atoms with E-state index in [9.17, 15) is 9.18 Å². The zero-order valence-electron chi connectivity index (χ0n) is 9.95. The van der Waals surface area contributed by atoms with E-state index in [1.165, 1.54) is 12.1 Å². The molecule has 100 valence electrons. The number of thioether (sulfide) groups is 1. The highest BCUT2D eigenvalue weighted by molar-refractivity contribution is 9.10. The quantitative estimate of drug-likeness (QED) is 0.839. The van der Waals surface area contributed by atoms with Gasteiger partial charge in [-0.3, -0.25) is 4.79 Å². The van der Waals surface area contributed by atoms with Gasteiger partial charge in [0.15, 0.2) is 0 Å². The van der Waals surface area contributed by atoms with E-state index >= 15 is 0 Å². The van der Waals surface area contributed by atoms with E-state index in [2.05, 4.69) is 21.2 Å². The van der Waals surface area contributed by atoms with Gasteiger partial charge in [-0.25, -0.2) is 4.39 Å². The standard InChI is InChI=1S/C12H15BrFNO2S/c1-18-7-11(2-3-16)15-12(17)8-4-9(13)6-10(14)5-8/h4-6,11,16H,2-3,7H2,1H3,(H,15,17). The van der Waals surface area contributed by atoms with Gasteiger partial charge in [-0.2, -0.15) is 11.8 Å². The molecule has 0 bridgehead atoms. The first-order valence-corrected chi connectivity index (χ1v) is 7.62. The lowest BCUT2D eigenvalue weighted by Gasteiger charge is -2.16. The van der Waals surface area contributed by atoms with Gasteiger partial charge in [0.05, 0.1) is 0 Å². The molecule has 1 atom stereocenters. The minimum absolute atomic E-state index is 0.0123. The maximum Gasteiger partial charge on any atom is 0.251 e. The van der Waals surface area contributed by atoms with Crippen LogP contribution in [0, 0.1) is 5.82 Å². The summed E-state index contributed by atoms with van der Waals surface area (Å²) in [5.74, 6) is -0.0798. The summed E-state index contributed by atoms with van der Waals surface area (Å²) in [6.07, 6.45) is 2.42. The van der Waals surface area contributed by atoms with Gasteiger partial charge in [-0.1, -0.05) is 15.9 Å². The Hall–Kier alpha value is -0.590. The number of hydrogen-bond acceptors (Lipinski definition) is 3. The summed E-state index contributed by atoms with van der Waals surface area (Å²) >= 11 is 4.73. The third-order valence-corrected chi connectivity index (χ3v) is 3.50. The van der Waals surface area contributed by atoms with Crippen molar-refractivity contribution in [1.82, 2.24) is 5.32 Å². The molecule has 2 N–H and O–H groups in total. The molecular weight excluding hydrogens is 321 g/mol. The van der Waals surface area contributed by atoms with E-state index < -0.39 is 5.82 Å². The first kappa shape index (κ1) is 15.5. The molecule has 0 saturated heterocycles. The molecule has 0 aromatic heterocycles. The normalized spacial score (nSPS) is 12.2. The number of carbonyl (C=O) groups excluding carboxylic acids is 1. The van der Waals surface area contributed by atoms with Gasteiger partial charge in [0.1, 0.15) is 5.82 Å². The molecule has 0 aliphatic heterocycles. The van der Waals surface area contributed by atoms with Crippen molar-refractivity contribution in [2.75, 3.05) is 18.6 Å². The van der Waals surface area contributed by atoms with Crippen LogP contribution in [0.3, 0.4) is 0 Å². The fraction of sp³-hybridized carbons (Fsp3) is 0.417. The molecule has 1 aromatic carbocycles. The Kier molecular flexibility index (Phi) is 6.67. The van der Waals surface area contributed by atoms with Crippen LogP contribution in [0.25, 0.3) is 0 Å². The van der Waals surface area contributed by atoms with E-state index in [1.807, 2.05) is 6.26 Å². The summed E-state index contributed by atoms with van der Waals surface area (Å²) in [6, 6.07) is 3.94. The molecular formula is C12H15BrFNO2S. The summed E-state index contributed by atoms with van der Waals surface area (Å²) in [5, 5.41) is 11.7. The summed E-state index contributed by atoms with van der Waals surface area (Å²) in [4.78, 5) is 11.9. The average Bonchev–Trinajstić information content (AvgIpc) is 2.28. The molecule has 1 unspecified atom stereocenters. The smallest absolute Gasteiger partial charge is 0.251 e.